The molecule has 0 amide bonds. The van der Waals surface area contributed by atoms with Crippen LogP contribution in [0.5, 0.6) is 0 Å². The van der Waals surface area contributed by atoms with Crippen LogP contribution in [0.2, 0.25) is 0 Å². The van der Waals surface area contributed by atoms with Crippen molar-refractivity contribution in [2.75, 3.05) is 6.54 Å². The highest BCUT2D eigenvalue weighted by atomic mass is 16.3. The number of hydrogen-bond donors (Lipinski definition) is 2. The van der Waals surface area contributed by atoms with Crippen LogP contribution in [0.15, 0.2) is 12.4 Å². The molecular formula is C13H23N3O. The molecule has 1 fully saturated rings. The Balaban J connectivity index is 2.21. The summed E-state index contributed by atoms with van der Waals surface area (Å²) in [5, 5.41) is 14.7. The van der Waals surface area contributed by atoms with Crippen molar-refractivity contribution in [1.29, 1.82) is 0 Å². The molecule has 2 rings (SSSR count). The molecule has 3 N–H and O–H groups in total. The highest BCUT2D eigenvalue weighted by Gasteiger charge is 2.50. The molecule has 1 heterocycles. The van der Waals surface area contributed by atoms with Crippen LogP contribution >= 0.6 is 0 Å². The van der Waals surface area contributed by atoms with E-state index in [1.807, 2.05) is 19.4 Å². The normalized spacial score (nSPS) is 31.9. The molecule has 1 aliphatic rings. The van der Waals surface area contributed by atoms with E-state index in [9.17, 15) is 5.11 Å². The summed E-state index contributed by atoms with van der Waals surface area (Å²) in [5.41, 5.74) is 6.91. The van der Waals surface area contributed by atoms with Gasteiger partial charge < -0.3 is 10.8 Å². The maximum Gasteiger partial charge on any atom is 0.0662 e. The van der Waals surface area contributed by atoms with E-state index in [1.54, 1.807) is 4.68 Å². The van der Waals surface area contributed by atoms with Crippen LogP contribution < -0.4 is 5.73 Å². The zero-order chi connectivity index (χ0) is 12.7. The average molecular weight is 237 g/mol. The fourth-order valence-corrected chi connectivity index (χ4v) is 3.11. The first-order chi connectivity index (χ1) is 7.89. The number of aliphatic hydroxyl groups is 1. The average Bonchev–Trinajstić information content (AvgIpc) is 2.77. The van der Waals surface area contributed by atoms with Crippen LogP contribution in [0.3, 0.4) is 0 Å². The number of hydrogen-bond acceptors (Lipinski definition) is 3. The molecule has 0 saturated heterocycles. The molecule has 1 aromatic rings. The topological polar surface area (TPSA) is 64.1 Å². The lowest BCUT2D eigenvalue weighted by molar-refractivity contribution is -0.00464. The van der Waals surface area contributed by atoms with Crippen molar-refractivity contribution < 1.29 is 5.11 Å². The summed E-state index contributed by atoms with van der Waals surface area (Å²) in [6.45, 7) is 4.78. The largest absolute Gasteiger partial charge is 0.392 e. The van der Waals surface area contributed by atoms with Gasteiger partial charge in [0.2, 0.25) is 0 Å². The third-order valence-corrected chi connectivity index (χ3v) is 4.31. The summed E-state index contributed by atoms with van der Waals surface area (Å²) in [7, 11) is 1.91. The Bertz CT molecular complexity index is 399. The Hall–Kier alpha value is -0.870. The first kappa shape index (κ1) is 12.6. The van der Waals surface area contributed by atoms with Crippen molar-refractivity contribution in [3.05, 3.63) is 18.0 Å². The van der Waals surface area contributed by atoms with Crippen LogP contribution in [0, 0.1) is 10.8 Å². The Kier molecular flexibility index (Phi) is 3.04. The molecule has 0 bridgehead atoms. The van der Waals surface area contributed by atoms with E-state index in [-0.39, 0.29) is 16.9 Å². The quantitative estimate of drug-likeness (QED) is 0.827. The van der Waals surface area contributed by atoms with E-state index in [1.165, 1.54) is 0 Å². The molecule has 0 aliphatic heterocycles. The standard InChI is InChI=1S/C13H23N3O/c1-12(2)4-5-13(9-14,11(12)17)6-10-7-15-16(3)8-10/h7-8,11,17H,4-6,9,14H2,1-3H3. The first-order valence-electron chi connectivity index (χ1n) is 6.25. The number of aryl methyl sites for hydroxylation is 1. The first-order valence-corrected chi connectivity index (χ1v) is 6.25. The third kappa shape index (κ3) is 2.11. The number of aliphatic hydroxyl groups excluding tert-OH is 1. The van der Waals surface area contributed by atoms with Gasteiger partial charge in [0.05, 0.1) is 12.3 Å². The second kappa shape index (κ2) is 4.10. The van der Waals surface area contributed by atoms with E-state index in [2.05, 4.69) is 18.9 Å². The second-order valence-electron chi connectivity index (χ2n) is 6.16. The molecule has 2 atom stereocenters. The van der Waals surface area contributed by atoms with E-state index >= 15 is 0 Å². The monoisotopic (exact) mass is 237 g/mol. The van der Waals surface area contributed by atoms with Gasteiger partial charge in [0.15, 0.2) is 0 Å². The van der Waals surface area contributed by atoms with E-state index in [0.29, 0.717) is 6.54 Å². The maximum absolute atomic E-state index is 10.5. The van der Waals surface area contributed by atoms with Crippen LogP contribution in [-0.4, -0.2) is 27.5 Å². The van der Waals surface area contributed by atoms with Gasteiger partial charge in [-0.3, -0.25) is 4.68 Å². The number of rotatable bonds is 3. The van der Waals surface area contributed by atoms with Gasteiger partial charge >= 0.3 is 0 Å². The van der Waals surface area contributed by atoms with E-state index in [0.717, 1.165) is 24.8 Å². The Morgan fingerprint density at radius 3 is 2.65 bits per heavy atom. The fourth-order valence-electron chi connectivity index (χ4n) is 3.11. The summed E-state index contributed by atoms with van der Waals surface area (Å²) in [6, 6.07) is 0. The predicted octanol–water partition coefficient (Wildman–Crippen LogP) is 1.09. The zero-order valence-electron chi connectivity index (χ0n) is 11.0. The molecule has 0 radical (unpaired) electrons. The lowest BCUT2D eigenvalue weighted by Crippen LogP contribution is -2.44. The lowest BCUT2D eigenvalue weighted by atomic mass is 9.75. The van der Waals surface area contributed by atoms with Crippen LogP contribution in [-0.2, 0) is 13.5 Å². The lowest BCUT2D eigenvalue weighted by Gasteiger charge is -2.35. The summed E-state index contributed by atoms with van der Waals surface area (Å²) >= 11 is 0. The molecule has 0 aromatic carbocycles. The minimum Gasteiger partial charge on any atom is -0.392 e. The van der Waals surface area contributed by atoms with Gasteiger partial charge in [0.1, 0.15) is 0 Å². The van der Waals surface area contributed by atoms with Crippen molar-refractivity contribution >= 4 is 0 Å². The van der Waals surface area contributed by atoms with Gasteiger partial charge in [-0.05, 0) is 30.2 Å². The molecule has 2 unspecified atom stereocenters. The van der Waals surface area contributed by atoms with Gasteiger partial charge in [-0.25, -0.2) is 0 Å². The molecule has 1 aliphatic carbocycles. The number of nitrogens with zero attached hydrogens (tertiary/aromatic N) is 2. The highest BCUT2D eigenvalue weighted by molar-refractivity contribution is 5.13. The van der Waals surface area contributed by atoms with Gasteiger partial charge in [0.25, 0.3) is 0 Å². The third-order valence-electron chi connectivity index (χ3n) is 4.31. The van der Waals surface area contributed by atoms with Crippen LogP contribution in [0.25, 0.3) is 0 Å². The molecular weight excluding hydrogens is 214 g/mol. The summed E-state index contributed by atoms with van der Waals surface area (Å²) in [4.78, 5) is 0. The Labute approximate surface area is 103 Å². The van der Waals surface area contributed by atoms with Crippen LogP contribution in [0.4, 0.5) is 0 Å². The van der Waals surface area contributed by atoms with Gasteiger partial charge in [-0.2, -0.15) is 5.10 Å². The van der Waals surface area contributed by atoms with E-state index in [4.69, 9.17) is 5.73 Å². The summed E-state index contributed by atoms with van der Waals surface area (Å²) in [5.74, 6) is 0. The van der Waals surface area contributed by atoms with Crippen molar-refractivity contribution in [2.24, 2.45) is 23.6 Å². The summed E-state index contributed by atoms with van der Waals surface area (Å²) in [6.07, 6.45) is 6.39. The maximum atomic E-state index is 10.5. The van der Waals surface area contributed by atoms with Gasteiger partial charge in [-0.1, -0.05) is 13.8 Å². The van der Waals surface area contributed by atoms with Crippen molar-refractivity contribution in [3.63, 3.8) is 0 Å². The van der Waals surface area contributed by atoms with Crippen molar-refractivity contribution in [3.8, 4) is 0 Å². The molecule has 1 aromatic heterocycles. The van der Waals surface area contributed by atoms with E-state index < -0.39 is 0 Å². The number of nitrogens with two attached hydrogens (primary N) is 1. The van der Waals surface area contributed by atoms with Crippen molar-refractivity contribution in [1.82, 2.24) is 9.78 Å². The minimum absolute atomic E-state index is 0.0262. The SMILES string of the molecule is Cn1cc(CC2(CN)CCC(C)(C)C2O)cn1. The fraction of sp³-hybridized carbons (Fsp3) is 0.769. The summed E-state index contributed by atoms with van der Waals surface area (Å²) < 4.78 is 1.80. The van der Waals surface area contributed by atoms with Crippen molar-refractivity contribution in [2.45, 2.75) is 39.2 Å². The molecule has 0 spiro atoms. The van der Waals surface area contributed by atoms with Crippen LogP contribution in [0.1, 0.15) is 32.3 Å². The Morgan fingerprint density at radius 1 is 1.53 bits per heavy atom. The zero-order valence-corrected chi connectivity index (χ0v) is 11.0. The number of aromatic nitrogens is 2. The van der Waals surface area contributed by atoms with Gasteiger partial charge in [-0.15, -0.1) is 0 Å². The molecule has 1 saturated carbocycles. The Morgan fingerprint density at radius 2 is 2.24 bits per heavy atom. The van der Waals surface area contributed by atoms with Gasteiger partial charge in [0, 0.05) is 25.2 Å². The molecule has 4 heteroatoms. The highest BCUT2D eigenvalue weighted by Crippen LogP contribution is 2.50. The predicted molar refractivity (Wildman–Crippen MR) is 67.4 cm³/mol. The molecule has 4 nitrogen and oxygen atoms in total. The molecule has 96 valence electrons. The minimum atomic E-state index is -0.333. The molecule has 17 heavy (non-hydrogen) atoms. The second-order valence-corrected chi connectivity index (χ2v) is 6.16. The smallest absolute Gasteiger partial charge is 0.0662 e.